The van der Waals surface area contributed by atoms with Gasteiger partial charge in [-0.3, -0.25) is 4.79 Å². The molecule has 19 heavy (non-hydrogen) atoms. The van der Waals surface area contributed by atoms with Crippen LogP contribution in [0.1, 0.15) is 15.9 Å². The van der Waals surface area contributed by atoms with Gasteiger partial charge in [0.05, 0.1) is 23.3 Å². The normalized spacial score (nSPS) is 10.3. The monoisotopic (exact) mass is 339 g/mol. The maximum atomic E-state index is 12.6. The third-order valence-corrected chi connectivity index (χ3v) is 3.49. The van der Waals surface area contributed by atoms with Gasteiger partial charge in [-0.05, 0) is 30.3 Å². The molecule has 0 aliphatic carbocycles. The summed E-state index contributed by atoms with van der Waals surface area (Å²) in [5.74, 6) is 0.216. The number of ketones is 1. The molecule has 0 bridgehead atoms. The van der Waals surface area contributed by atoms with Gasteiger partial charge in [-0.2, -0.15) is 0 Å². The van der Waals surface area contributed by atoms with Crippen LogP contribution in [0.15, 0.2) is 40.9 Å². The van der Waals surface area contributed by atoms with Crippen molar-refractivity contribution in [1.29, 1.82) is 0 Å². The molecule has 0 aliphatic heterocycles. The van der Waals surface area contributed by atoms with Crippen LogP contribution in [0.2, 0.25) is 5.02 Å². The number of hydrogen-bond donors (Lipinski definition) is 1. The van der Waals surface area contributed by atoms with E-state index in [1.165, 1.54) is 7.11 Å². The van der Waals surface area contributed by atoms with Crippen LogP contribution in [0, 0.1) is 0 Å². The first-order chi connectivity index (χ1) is 9.04. The van der Waals surface area contributed by atoms with E-state index in [0.29, 0.717) is 27.6 Å². The van der Waals surface area contributed by atoms with Crippen molar-refractivity contribution < 1.29 is 9.53 Å². The third-order valence-electron chi connectivity index (χ3n) is 2.68. The molecule has 0 saturated carbocycles. The van der Waals surface area contributed by atoms with Crippen LogP contribution in [0.5, 0.6) is 5.75 Å². The Balaban J connectivity index is 2.59. The molecule has 0 aromatic heterocycles. The molecule has 3 nitrogen and oxygen atoms in total. The van der Waals surface area contributed by atoms with E-state index < -0.39 is 0 Å². The fourth-order valence-electron chi connectivity index (χ4n) is 1.77. The molecule has 0 atom stereocenters. The number of hydrogen-bond acceptors (Lipinski definition) is 3. The predicted octanol–water partition coefficient (Wildman–Crippen LogP) is 3.92. The van der Waals surface area contributed by atoms with Gasteiger partial charge in [0.1, 0.15) is 5.75 Å². The molecular weight excluding hydrogens is 330 g/mol. The fraction of sp³-hybridized carbons (Fsp3) is 0.0714. The Morgan fingerprint density at radius 1 is 1.32 bits per heavy atom. The second-order valence-corrected chi connectivity index (χ2v) is 5.20. The Bertz CT molecular complexity index is 623. The summed E-state index contributed by atoms with van der Waals surface area (Å²) in [4.78, 5) is 12.6. The molecule has 2 rings (SSSR count). The molecule has 0 saturated heterocycles. The topological polar surface area (TPSA) is 52.3 Å². The summed E-state index contributed by atoms with van der Waals surface area (Å²) in [5, 5.41) is 0.326. The maximum Gasteiger partial charge on any atom is 0.200 e. The van der Waals surface area contributed by atoms with Crippen LogP contribution in [0.4, 0.5) is 5.69 Å². The molecule has 2 aromatic carbocycles. The molecule has 0 amide bonds. The van der Waals surface area contributed by atoms with Gasteiger partial charge in [0.15, 0.2) is 5.78 Å². The van der Waals surface area contributed by atoms with Crippen LogP contribution >= 0.6 is 27.5 Å². The fourth-order valence-corrected chi connectivity index (χ4v) is 2.40. The van der Waals surface area contributed by atoms with E-state index in [4.69, 9.17) is 22.1 Å². The summed E-state index contributed by atoms with van der Waals surface area (Å²) in [6, 6.07) is 10.2. The first-order valence-corrected chi connectivity index (χ1v) is 6.64. The second-order valence-electron chi connectivity index (χ2n) is 3.88. The van der Waals surface area contributed by atoms with E-state index in [9.17, 15) is 4.79 Å². The summed E-state index contributed by atoms with van der Waals surface area (Å²) in [6.45, 7) is 0. The van der Waals surface area contributed by atoms with E-state index in [2.05, 4.69) is 15.9 Å². The average Bonchev–Trinajstić information content (AvgIpc) is 2.38. The average molecular weight is 341 g/mol. The van der Waals surface area contributed by atoms with Crippen molar-refractivity contribution in [2.45, 2.75) is 0 Å². The lowest BCUT2D eigenvalue weighted by molar-refractivity contribution is 0.103. The van der Waals surface area contributed by atoms with Gasteiger partial charge in [-0.1, -0.05) is 33.6 Å². The van der Waals surface area contributed by atoms with Crippen molar-refractivity contribution in [3.63, 3.8) is 0 Å². The number of ether oxygens (including phenoxy) is 1. The van der Waals surface area contributed by atoms with Crippen LogP contribution in [0.25, 0.3) is 0 Å². The van der Waals surface area contributed by atoms with Crippen molar-refractivity contribution >= 4 is 39.0 Å². The minimum absolute atomic E-state index is 0.263. The maximum absolute atomic E-state index is 12.6. The minimum atomic E-state index is -0.263. The van der Waals surface area contributed by atoms with E-state index >= 15 is 0 Å². The first kappa shape index (κ1) is 13.9. The number of nitrogens with two attached hydrogens (primary N) is 1. The first-order valence-electron chi connectivity index (χ1n) is 5.47. The number of halogens is 2. The molecule has 0 fully saturated rings. The number of carbonyl (C=O) groups is 1. The van der Waals surface area contributed by atoms with E-state index in [-0.39, 0.29) is 5.78 Å². The zero-order valence-electron chi connectivity index (χ0n) is 10.1. The van der Waals surface area contributed by atoms with Crippen molar-refractivity contribution in [2.24, 2.45) is 0 Å². The molecule has 2 N–H and O–H groups in total. The smallest absolute Gasteiger partial charge is 0.200 e. The summed E-state index contributed by atoms with van der Waals surface area (Å²) < 4.78 is 5.98. The molecular formula is C14H11BrClNO2. The number of carbonyl (C=O) groups excluding carboxylic acids is 1. The van der Waals surface area contributed by atoms with Gasteiger partial charge in [-0.15, -0.1) is 0 Å². The Morgan fingerprint density at radius 2 is 2.05 bits per heavy atom. The highest BCUT2D eigenvalue weighted by molar-refractivity contribution is 9.10. The molecule has 98 valence electrons. The molecule has 5 heteroatoms. The van der Waals surface area contributed by atoms with Gasteiger partial charge in [0.25, 0.3) is 0 Å². The largest absolute Gasteiger partial charge is 0.496 e. The van der Waals surface area contributed by atoms with Crippen molar-refractivity contribution in [2.75, 3.05) is 12.8 Å². The Labute approximate surface area is 124 Å². The van der Waals surface area contributed by atoms with Crippen LogP contribution in [0.3, 0.4) is 0 Å². The van der Waals surface area contributed by atoms with Crippen molar-refractivity contribution in [3.05, 3.63) is 57.0 Å². The van der Waals surface area contributed by atoms with Gasteiger partial charge in [-0.25, -0.2) is 0 Å². The lowest BCUT2D eigenvalue weighted by Crippen LogP contribution is -2.08. The molecule has 0 radical (unpaired) electrons. The van der Waals surface area contributed by atoms with Crippen LogP contribution in [-0.4, -0.2) is 12.9 Å². The minimum Gasteiger partial charge on any atom is -0.496 e. The van der Waals surface area contributed by atoms with Gasteiger partial charge < -0.3 is 10.5 Å². The SMILES string of the molecule is COc1ccc(Br)cc1C(=O)c1c(N)cccc1Cl. The summed E-state index contributed by atoms with van der Waals surface area (Å²) in [7, 11) is 1.51. The van der Waals surface area contributed by atoms with Gasteiger partial charge >= 0.3 is 0 Å². The third kappa shape index (κ3) is 2.74. The number of anilines is 1. The highest BCUT2D eigenvalue weighted by atomic mass is 79.9. The van der Waals surface area contributed by atoms with E-state index in [1.54, 1.807) is 36.4 Å². The highest BCUT2D eigenvalue weighted by Gasteiger charge is 2.19. The second kappa shape index (κ2) is 5.63. The Kier molecular flexibility index (Phi) is 4.12. The highest BCUT2D eigenvalue weighted by Crippen LogP contribution is 2.30. The molecule has 0 heterocycles. The standard InChI is InChI=1S/C14H11BrClNO2/c1-19-12-6-5-8(15)7-9(12)14(18)13-10(16)3-2-4-11(13)17/h2-7H,17H2,1H3. The molecule has 2 aromatic rings. The van der Waals surface area contributed by atoms with Crippen molar-refractivity contribution in [1.82, 2.24) is 0 Å². The van der Waals surface area contributed by atoms with E-state index in [1.807, 2.05) is 0 Å². The number of rotatable bonds is 3. The zero-order chi connectivity index (χ0) is 14.0. The summed E-state index contributed by atoms with van der Waals surface area (Å²) in [6.07, 6.45) is 0. The summed E-state index contributed by atoms with van der Waals surface area (Å²) in [5.41, 5.74) is 6.88. The predicted molar refractivity (Wildman–Crippen MR) is 80.0 cm³/mol. The van der Waals surface area contributed by atoms with Crippen LogP contribution in [-0.2, 0) is 0 Å². The quantitative estimate of drug-likeness (QED) is 0.680. The Morgan fingerprint density at radius 3 is 2.68 bits per heavy atom. The number of nitrogen functional groups attached to an aromatic ring is 1. The van der Waals surface area contributed by atoms with Gasteiger partial charge in [0, 0.05) is 10.2 Å². The van der Waals surface area contributed by atoms with E-state index in [0.717, 1.165) is 4.47 Å². The molecule has 0 spiro atoms. The lowest BCUT2D eigenvalue weighted by atomic mass is 10.0. The summed E-state index contributed by atoms with van der Waals surface area (Å²) >= 11 is 9.39. The Hall–Kier alpha value is -1.52. The van der Waals surface area contributed by atoms with Crippen LogP contribution < -0.4 is 10.5 Å². The van der Waals surface area contributed by atoms with Crippen molar-refractivity contribution in [3.8, 4) is 5.75 Å². The molecule has 0 unspecified atom stereocenters. The number of benzene rings is 2. The zero-order valence-corrected chi connectivity index (χ0v) is 12.5. The number of methoxy groups -OCH3 is 1. The van der Waals surface area contributed by atoms with Gasteiger partial charge in [0.2, 0.25) is 0 Å². The molecule has 0 aliphatic rings. The lowest BCUT2D eigenvalue weighted by Gasteiger charge is -2.11.